The van der Waals surface area contributed by atoms with Crippen LogP contribution >= 0.6 is 11.6 Å². The molecule has 10 heavy (non-hydrogen) atoms. The molecular weight excluding hydrogens is 152 g/mol. The molecule has 0 aromatic heterocycles. The van der Waals surface area contributed by atoms with E-state index in [0.717, 1.165) is 12.8 Å². The number of hydrogen-bond donors (Lipinski definition) is 0. The molecule has 0 aliphatic heterocycles. The van der Waals surface area contributed by atoms with Crippen molar-refractivity contribution in [3.63, 3.8) is 0 Å². The highest BCUT2D eigenvalue weighted by Gasteiger charge is 1.96. The summed E-state index contributed by atoms with van der Waals surface area (Å²) in [7, 11) is 0. The Morgan fingerprint density at radius 3 is 2.80 bits per heavy atom. The van der Waals surface area contributed by atoms with Gasteiger partial charge in [-0.05, 0) is 12.8 Å². The highest BCUT2D eigenvalue weighted by atomic mass is 35.5. The molecule has 1 radical (unpaired) electrons. The van der Waals surface area contributed by atoms with Gasteiger partial charge in [-0.1, -0.05) is 6.92 Å². The van der Waals surface area contributed by atoms with Crippen LogP contribution in [0.5, 0.6) is 0 Å². The van der Waals surface area contributed by atoms with Gasteiger partial charge in [-0.2, -0.15) is 0 Å². The Morgan fingerprint density at radius 2 is 2.30 bits per heavy atom. The molecule has 0 bridgehead atoms. The fourth-order valence-electron chi connectivity index (χ4n) is 0.453. The minimum absolute atomic E-state index is 0.255. The molecule has 0 unspecified atom stereocenters. The summed E-state index contributed by atoms with van der Waals surface area (Å²) in [6.07, 6.45) is 3.16. The molecule has 3 heteroatoms. The van der Waals surface area contributed by atoms with E-state index in [2.05, 4.69) is 0 Å². The van der Waals surface area contributed by atoms with Gasteiger partial charge < -0.3 is 4.74 Å². The maximum Gasteiger partial charge on any atom is 0.309 e. The molecule has 0 atom stereocenters. The van der Waals surface area contributed by atoms with Gasteiger partial charge in [0.2, 0.25) is 0 Å². The van der Waals surface area contributed by atoms with Gasteiger partial charge in [0.05, 0.1) is 13.0 Å². The summed E-state index contributed by atoms with van der Waals surface area (Å²) >= 11 is 5.40. The highest BCUT2D eigenvalue weighted by Crippen LogP contribution is 1.93. The first-order chi connectivity index (χ1) is 4.81. The number of carbonyl (C=O) groups is 1. The highest BCUT2D eigenvalue weighted by molar-refractivity contribution is 6.17. The normalized spacial score (nSPS) is 9.40. The van der Waals surface area contributed by atoms with Crippen LogP contribution in [-0.4, -0.2) is 18.5 Å². The summed E-state index contributed by atoms with van der Waals surface area (Å²) in [4.78, 5) is 10.5. The zero-order chi connectivity index (χ0) is 7.82. The smallest absolute Gasteiger partial charge is 0.309 e. The van der Waals surface area contributed by atoms with Gasteiger partial charge in [-0.15, -0.1) is 11.6 Å². The zero-order valence-corrected chi connectivity index (χ0v) is 6.86. The van der Waals surface area contributed by atoms with Crippen molar-refractivity contribution in [3.05, 3.63) is 6.42 Å². The topological polar surface area (TPSA) is 26.3 Å². The molecule has 2 nitrogen and oxygen atoms in total. The lowest BCUT2D eigenvalue weighted by Crippen LogP contribution is -2.04. The third-order valence-electron chi connectivity index (χ3n) is 1.01. The standard InChI is InChI=1S/C7H12ClO2/c1-2-7(9)10-6-4-3-5-8/h2H,3-6H2,1H3. The lowest BCUT2D eigenvalue weighted by atomic mass is 10.3. The van der Waals surface area contributed by atoms with Crippen LogP contribution < -0.4 is 0 Å². The quantitative estimate of drug-likeness (QED) is 0.351. The van der Waals surface area contributed by atoms with Gasteiger partial charge in [0.15, 0.2) is 0 Å². The summed E-state index contributed by atoms with van der Waals surface area (Å²) in [6, 6.07) is 0. The van der Waals surface area contributed by atoms with Crippen molar-refractivity contribution in [2.24, 2.45) is 0 Å². The molecule has 0 aliphatic carbocycles. The Hall–Kier alpha value is -0.240. The molecule has 0 spiro atoms. The van der Waals surface area contributed by atoms with E-state index in [1.165, 1.54) is 6.42 Å². The third kappa shape index (κ3) is 5.89. The second-order valence-corrected chi connectivity index (χ2v) is 2.23. The molecule has 0 aliphatic rings. The van der Waals surface area contributed by atoms with Gasteiger partial charge >= 0.3 is 5.97 Å². The Kier molecular flexibility index (Phi) is 6.71. The van der Waals surface area contributed by atoms with Crippen LogP contribution in [0.1, 0.15) is 19.8 Å². The van der Waals surface area contributed by atoms with E-state index in [1.54, 1.807) is 6.92 Å². The van der Waals surface area contributed by atoms with E-state index in [4.69, 9.17) is 16.3 Å². The average Bonchev–Trinajstić information content (AvgIpc) is 1.98. The summed E-state index contributed by atoms with van der Waals surface area (Å²) < 4.78 is 4.74. The molecule has 0 amide bonds. The number of halogens is 1. The van der Waals surface area contributed by atoms with E-state index in [0.29, 0.717) is 12.5 Å². The Bertz CT molecular complexity index is 93.6. The number of ether oxygens (including phenoxy) is 1. The van der Waals surface area contributed by atoms with E-state index in [1.807, 2.05) is 0 Å². The maximum absolute atomic E-state index is 10.5. The first-order valence-electron chi connectivity index (χ1n) is 3.33. The van der Waals surface area contributed by atoms with Crippen LogP contribution in [0.2, 0.25) is 0 Å². The van der Waals surface area contributed by atoms with E-state index >= 15 is 0 Å². The van der Waals surface area contributed by atoms with Crippen LogP contribution in [0.15, 0.2) is 0 Å². The van der Waals surface area contributed by atoms with Crippen molar-refractivity contribution in [2.75, 3.05) is 12.5 Å². The second-order valence-electron chi connectivity index (χ2n) is 1.85. The molecule has 0 aromatic rings. The first kappa shape index (κ1) is 9.76. The van der Waals surface area contributed by atoms with Crippen LogP contribution in [-0.2, 0) is 9.53 Å². The molecule has 0 aromatic carbocycles. The van der Waals surface area contributed by atoms with Crippen LogP contribution in [0.3, 0.4) is 0 Å². The first-order valence-corrected chi connectivity index (χ1v) is 3.86. The summed E-state index contributed by atoms with van der Waals surface area (Å²) in [5.74, 6) is 0.377. The summed E-state index contributed by atoms with van der Waals surface area (Å²) in [5, 5.41) is 0. The van der Waals surface area contributed by atoms with E-state index < -0.39 is 0 Å². The third-order valence-corrected chi connectivity index (χ3v) is 1.28. The van der Waals surface area contributed by atoms with Crippen LogP contribution in [0.25, 0.3) is 0 Å². The fraction of sp³-hybridized carbons (Fsp3) is 0.714. The molecule has 0 fully saturated rings. The van der Waals surface area contributed by atoms with Crippen LogP contribution in [0.4, 0.5) is 0 Å². The number of unbranched alkanes of at least 4 members (excludes halogenated alkanes) is 1. The minimum atomic E-state index is -0.255. The minimum Gasteiger partial charge on any atom is -0.465 e. The maximum atomic E-state index is 10.5. The molecule has 0 saturated carbocycles. The predicted octanol–water partition coefficient (Wildman–Crippen LogP) is 1.77. The van der Waals surface area contributed by atoms with Crippen molar-refractivity contribution in [1.82, 2.24) is 0 Å². The van der Waals surface area contributed by atoms with Gasteiger partial charge in [0.1, 0.15) is 0 Å². The molecule has 0 heterocycles. The Balaban J connectivity index is 2.96. The van der Waals surface area contributed by atoms with Crippen molar-refractivity contribution in [2.45, 2.75) is 19.8 Å². The van der Waals surface area contributed by atoms with Gasteiger partial charge in [-0.3, -0.25) is 4.79 Å². The number of rotatable bonds is 5. The molecule has 0 N–H and O–H groups in total. The molecular formula is C7H12ClO2. The number of esters is 1. The number of alkyl halides is 1. The van der Waals surface area contributed by atoms with E-state index in [-0.39, 0.29) is 5.97 Å². The summed E-state index contributed by atoms with van der Waals surface area (Å²) in [6.45, 7) is 2.14. The Labute approximate surface area is 66.5 Å². The largest absolute Gasteiger partial charge is 0.465 e. The number of hydrogen-bond acceptors (Lipinski definition) is 2. The monoisotopic (exact) mass is 163 g/mol. The van der Waals surface area contributed by atoms with Crippen molar-refractivity contribution >= 4 is 17.6 Å². The summed E-state index contributed by atoms with van der Waals surface area (Å²) in [5.41, 5.74) is 0. The van der Waals surface area contributed by atoms with Crippen molar-refractivity contribution in [3.8, 4) is 0 Å². The Morgan fingerprint density at radius 1 is 1.60 bits per heavy atom. The van der Waals surface area contributed by atoms with E-state index in [9.17, 15) is 4.79 Å². The SMILES string of the molecule is C[CH]C(=O)OCCCCCl. The van der Waals surface area contributed by atoms with Crippen LogP contribution in [0, 0.1) is 6.42 Å². The number of carbonyl (C=O) groups excluding carboxylic acids is 1. The van der Waals surface area contributed by atoms with Gasteiger partial charge in [-0.25, -0.2) is 0 Å². The second kappa shape index (κ2) is 6.87. The van der Waals surface area contributed by atoms with Crippen molar-refractivity contribution < 1.29 is 9.53 Å². The molecule has 59 valence electrons. The molecule has 0 saturated heterocycles. The average molecular weight is 164 g/mol. The lowest BCUT2D eigenvalue weighted by Gasteiger charge is -1.99. The predicted molar refractivity (Wildman–Crippen MR) is 40.9 cm³/mol. The molecule has 0 rings (SSSR count). The lowest BCUT2D eigenvalue weighted by molar-refractivity contribution is -0.139. The fourth-order valence-corrected chi connectivity index (χ4v) is 0.642. The van der Waals surface area contributed by atoms with Gasteiger partial charge in [0, 0.05) is 5.88 Å². The van der Waals surface area contributed by atoms with Crippen molar-refractivity contribution in [1.29, 1.82) is 0 Å². The zero-order valence-electron chi connectivity index (χ0n) is 6.10. The van der Waals surface area contributed by atoms with Gasteiger partial charge in [0.25, 0.3) is 0 Å².